The molecule has 6 heteroatoms. The molecule has 94 valence electrons. The first kappa shape index (κ1) is 12.5. The molecule has 2 aromatic heterocycles. The van der Waals surface area contributed by atoms with Gasteiger partial charge in [-0.25, -0.2) is 4.98 Å². The fourth-order valence-corrected chi connectivity index (χ4v) is 2.33. The number of nitrogens with two attached hydrogens (primary N) is 1. The van der Waals surface area contributed by atoms with E-state index < -0.39 is 0 Å². The van der Waals surface area contributed by atoms with Crippen LogP contribution in [0.4, 0.5) is 5.13 Å². The highest BCUT2D eigenvalue weighted by atomic mass is 32.1. The van der Waals surface area contributed by atoms with Crippen LogP contribution in [0.2, 0.25) is 0 Å². The van der Waals surface area contributed by atoms with E-state index in [9.17, 15) is 4.79 Å². The van der Waals surface area contributed by atoms with Crippen LogP contribution in [0.15, 0.2) is 24.4 Å². The topological polar surface area (TPSA) is 80.9 Å². The molecule has 0 aromatic carbocycles. The monoisotopic (exact) mass is 262 g/mol. The molecular weight excluding hydrogens is 248 g/mol. The molecule has 0 radical (unpaired) electrons. The molecule has 18 heavy (non-hydrogen) atoms. The second-order valence-electron chi connectivity index (χ2n) is 3.92. The molecule has 2 rings (SSSR count). The molecule has 0 unspecified atom stereocenters. The highest BCUT2D eigenvalue weighted by molar-refractivity contribution is 7.17. The molecule has 0 saturated carbocycles. The van der Waals surface area contributed by atoms with Crippen LogP contribution >= 0.6 is 11.3 Å². The smallest absolute Gasteiger partial charge is 0.263 e. The normalized spacial score (nSPS) is 12.1. The van der Waals surface area contributed by atoms with Gasteiger partial charge >= 0.3 is 0 Å². The highest BCUT2D eigenvalue weighted by Gasteiger charge is 2.17. The molecule has 0 bridgehead atoms. The van der Waals surface area contributed by atoms with Crippen molar-refractivity contribution in [1.29, 1.82) is 0 Å². The molecule has 2 heterocycles. The largest absolute Gasteiger partial charge is 0.375 e. The number of pyridine rings is 1. The standard InChI is InChI=1S/C12H14N4OS/c1-7(9-5-3-4-6-14-9)15-11(17)10-8(2)16-12(13)18-10/h3-7H,1-2H3,(H2,13,16)(H,15,17)/t7-/m0/s1. The number of nitrogen functional groups attached to an aromatic ring is 1. The fourth-order valence-electron chi connectivity index (χ4n) is 1.60. The van der Waals surface area contributed by atoms with E-state index in [4.69, 9.17) is 5.73 Å². The van der Waals surface area contributed by atoms with Gasteiger partial charge in [0.2, 0.25) is 0 Å². The Balaban J connectivity index is 2.10. The number of aryl methyl sites for hydroxylation is 1. The quantitative estimate of drug-likeness (QED) is 0.885. The number of nitrogens with zero attached hydrogens (tertiary/aromatic N) is 2. The molecule has 0 saturated heterocycles. The summed E-state index contributed by atoms with van der Waals surface area (Å²) < 4.78 is 0. The number of thiazole rings is 1. The number of carbonyl (C=O) groups is 1. The second-order valence-corrected chi connectivity index (χ2v) is 4.95. The zero-order chi connectivity index (χ0) is 13.1. The van der Waals surface area contributed by atoms with E-state index in [0.29, 0.717) is 15.7 Å². The van der Waals surface area contributed by atoms with Crippen molar-refractivity contribution in [3.05, 3.63) is 40.7 Å². The van der Waals surface area contributed by atoms with Gasteiger partial charge in [-0.3, -0.25) is 9.78 Å². The lowest BCUT2D eigenvalue weighted by atomic mass is 10.2. The van der Waals surface area contributed by atoms with Crippen molar-refractivity contribution in [3.63, 3.8) is 0 Å². The summed E-state index contributed by atoms with van der Waals surface area (Å²) in [5.74, 6) is -0.167. The van der Waals surface area contributed by atoms with Crippen LogP contribution in [-0.2, 0) is 0 Å². The Kier molecular flexibility index (Phi) is 3.57. The third kappa shape index (κ3) is 2.65. The number of aromatic nitrogens is 2. The third-order valence-corrected chi connectivity index (χ3v) is 3.48. The van der Waals surface area contributed by atoms with E-state index in [-0.39, 0.29) is 11.9 Å². The van der Waals surface area contributed by atoms with Crippen LogP contribution in [0.25, 0.3) is 0 Å². The van der Waals surface area contributed by atoms with E-state index in [1.807, 2.05) is 25.1 Å². The molecule has 0 aliphatic rings. The van der Waals surface area contributed by atoms with E-state index in [0.717, 1.165) is 5.69 Å². The first-order chi connectivity index (χ1) is 8.58. The SMILES string of the molecule is Cc1nc(N)sc1C(=O)N[C@@H](C)c1ccccn1. The van der Waals surface area contributed by atoms with Gasteiger partial charge in [0.1, 0.15) is 4.88 Å². The number of carbonyl (C=O) groups excluding carboxylic acids is 1. The Morgan fingerprint density at radius 1 is 1.50 bits per heavy atom. The minimum Gasteiger partial charge on any atom is -0.375 e. The lowest BCUT2D eigenvalue weighted by Crippen LogP contribution is -2.27. The molecule has 0 aliphatic carbocycles. The number of nitrogens with one attached hydrogen (secondary N) is 1. The minimum absolute atomic E-state index is 0.151. The lowest BCUT2D eigenvalue weighted by Gasteiger charge is -2.12. The zero-order valence-corrected chi connectivity index (χ0v) is 11.0. The molecule has 2 aromatic rings. The molecule has 5 nitrogen and oxygen atoms in total. The van der Waals surface area contributed by atoms with Crippen molar-refractivity contribution in [3.8, 4) is 0 Å². The Morgan fingerprint density at radius 3 is 2.83 bits per heavy atom. The van der Waals surface area contributed by atoms with Crippen LogP contribution in [0.1, 0.15) is 34.0 Å². The van der Waals surface area contributed by atoms with Crippen molar-refractivity contribution in [2.75, 3.05) is 5.73 Å². The van der Waals surface area contributed by atoms with Crippen molar-refractivity contribution in [1.82, 2.24) is 15.3 Å². The predicted octanol–water partition coefficient (Wildman–Crippen LogP) is 1.92. The molecule has 0 aliphatic heterocycles. The molecule has 1 atom stereocenters. The summed E-state index contributed by atoms with van der Waals surface area (Å²) in [6.45, 7) is 3.66. The maximum atomic E-state index is 12.0. The van der Waals surface area contributed by atoms with Gasteiger partial charge in [-0.15, -0.1) is 0 Å². The summed E-state index contributed by atoms with van der Waals surface area (Å²) in [5.41, 5.74) is 7.05. The van der Waals surface area contributed by atoms with Crippen molar-refractivity contribution < 1.29 is 4.79 Å². The number of anilines is 1. The number of amides is 1. The van der Waals surface area contributed by atoms with Crippen LogP contribution < -0.4 is 11.1 Å². The van der Waals surface area contributed by atoms with Crippen LogP contribution in [0, 0.1) is 6.92 Å². The lowest BCUT2D eigenvalue weighted by molar-refractivity contribution is 0.0942. The number of hydrogen-bond acceptors (Lipinski definition) is 5. The number of rotatable bonds is 3. The van der Waals surface area contributed by atoms with E-state index >= 15 is 0 Å². The van der Waals surface area contributed by atoms with Gasteiger partial charge in [-0.1, -0.05) is 17.4 Å². The Labute approximate surface area is 109 Å². The van der Waals surface area contributed by atoms with Gasteiger partial charge < -0.3 is 11.1 Å². The van der Waals surface area contributed by atoms with E-state index in [1.165, 1.54) is 11.3 Å². The van der Waals surface area contributed by atoms with Gasteiger partial charge in [-0.05, 0) is 26.0 Å². The summed E-state index contributed by atoms with van der Waals surface area (Å²) in [5, 5.41) is 3.29. The highest BCUT2D eigenvalue weighted by Crippen LogP contribution is 2.20. The first-order valence-corrected chi connectivity index (χ1v) is 6.34. The second kappa shape index (κ2) is 5.14. The minimum atomic E-state index is -0.167. The third-order valence-electron chi connectivity index (χ3n) is 2.50. The predicted molar refractivity (Wildman–Crippen MR) is 71.4 cm³/mol. The van der Waals surface area contributed by atoms with Crippen LogP contribution in [0.5, 0.6) is 0 Å². The van der Waals surface area contributed by atoms with E-state index in [1.54, 1.807) is 13.1 Å². The summed E-state index contributed by atoms with van der Waals surface area (Å²) in [7, 11) is 0. The molecule has 0 spiro atoms. The van der Waals surface area contributed by atoms with Gasteiger partial charge in [0, 0.05) is 6.20 Å². The molecule has 0 fully saturated rings. The Hall–Kier alpha value is -1.95. The Morgan fingerprint density at radius 2 is 2.28 bits per heavy atom. The van der Waals surface area contributed by atoms with Gasteiger partial charge in [0.25, 0.3) is 5.91 Å². The molecular formula is C12H14N4OS. The van der Waals surface area contributed by atoms with Gasteiger partial charge in [0.15, 0.2) is 5.13 Å². The molecule has 3 N–H and O–H groups in total. The fraction of sp³-hybridized carbons (Fsp3) is 0.250. The first-order valence-electron chi connectivity index (χ1n) is 5.52. The molecule has 1 amide bonds. The average molecular weight is 262 g/mol. The van der Waals surface area contributed by atoms with Crippen molar-refractivity contribution in [2.45, 2.75) is 19.9 Å². The van der Waals surface area contributed by atoms with Crippen LogP contribution in [0.3, 0.4) is 0 Å². The van der Waals surface area contributed by atoms with Crippen molar-refractivity contribution >= 4 is 22.4 Å². The summed E-state index contributed by atoms with van der Waals surface area (Å²) in [4.78, 5) is 20.8. The summed E-state index contributed by atoms with van der Waals surface area (Å²) in [6.07, 6.45) is 1.70. The van der Waals surface area contributed by atoms with Crippen molar-refractivity contribution in [2.24, 2.45) is 0 Å². The summed E-state index contributed by atoms with van der Waals surface area (Å²) in [6, 6.07) is 5.45. The van der Waals surface area contributed by atoms with Gasteiger partial charge in [0.05, 0.1) is 17.4 Å². The maximum Gasteiger partial charge on any atom is 0.263 e. The summed E-state index contributed by atoms with van der Waals surface area (Å²) >= 11 is 1.19. The Bertz CT molecular complexity index is 552. The van der Waals surface area contributed by atoms with E-state index in [2.05, 4.69) is 15.3 Å². The van der Waals surface area contributed by atoms with Gasteiger partial charge in [-0.2, -0.15) is 0 Å². The maximum absolute atomic E-state index is 12.0. The average Bonchev–Trinajstić information content (AvgIpc) is 2.69. The number of hydrogen-bond donors (Lipinski definition) is 2. The van der Waals surface area contributed by atoms with Crippen LogP contribution in [-0.4, -0.2) is 15.9 Å². The zero-order valence-electron chi connectivity index (χ0n) is 10.2.